The van der Waals surface area contributed by atoms with Gasteiger partial charge in [-0.2, -0.15) is 0 Å². The van der Waals surface area contributed by atoms with Crippen LogP contribution in [0.4, 0.5) is 5.69 Å². The molecule has 0 saturated heterocycles. The molecule has 2 aromatic rings. The first-order valence-corrected chi connectivity index (χ1v) is 7.15. The zero-order valence-corrected chi connectivity index (χ0v) is 12.0. The van der Waals surface area contributed by atoms with E-state index in [0.717, 1.165) is 17.3 Å². The summed E-state index contributed by atoms with van der Waals surface area (Å²) in [4.78, 5) is 15.6. The van der Waals surface area contributed by atoms with E-state index in [2.05, 4.69) is 24.1 Å². The lowest BCUT2D eigenvalue weighted by atomic mass is 9.87. The molecular weight excluding hydrogens is 250 g/mol. The minimum atomic E-state index is -0.0122. The van der Waals surface area contributed by atoms with E-state index < -0.39 is 0 Å². The number of aromatic nitrogens is 1. The molecule has 0 radical (unpaired) electrons. The topological polar surface area (TPSA) is 70.9 Å². The van der Waals surface area contributed by atoms with Crippen molar-refractivity contribution in [1.29, 1.82) is 0 Å². The van der Waals surface area contributed by atoms with Crippen LogP contribution in [0.25, 0.3) is 10.9 Å². The van der Waals surface area contributed by atoms with Crippen molar-refractivity contribution in [3.63, 3.8) is 0 Å². The number of carbonyl (C=O) groups is 1. The first-order chi connectivity index (χ1) is 9.47. The minimum absolute atomic E-state index is 0.0122. The number of aromatic amines is 1. The number of rotatable bonds is 2. The van der Waals surface area contributed by atoms with E-state index in [1.807, 2.05) is 18.2 Å². The molecule has 1 amide bonds. The summed E-state index contributed by atoms with van der Waals surface area (Å²) in [6.07, 6.45) is 5.17. The van der Waals surface area contributed by atoms with Crippen molar-refractivity contribution < 1.29 is 4.79 Å². The molecule has 1 fully saturated rings. The number of nitrogen functional groups attached to an aromatic ring is 1. The van der Waals surface area contributed by atoms with Crippen LogP contribution in [0.1, 0.15) is 43.5 Å². The number of carbonyl (C=O) groups excluding carboxylic acids is 1. The number of anilines is 1. The first kappa shape index (κ1) is 13.0. The smallest absolute Gasteiger partial charge is 0.253 e. The quantitative estimate of drug-likeness (QED) is 0.735. The standard InChI is InChI=1S/C16H21N3O/c1-16(2)7-3-4-14(16)19-15(20)12-9-18-13-6-5-10(17)8-11(12)13/h5-6,8-9,14,18H,3-4,7,17H2,1-2H3,(H,19,20). The zero-order chi connectivity index (χ0) is 14.3. The number of H-pyrrole nitrogens is 1. The van der Waals surface area contributed by atoms with Gasteiger partial charge in [0.1, 0.15) is 0 Å². The molecule has 1 aromatic carbocycles. The molecule has 106 valence electrons. The van der Waals surface area contributed by atoms with Crippen molar-refractivity contribution in [3.8, 4) is 0 Å². The number of hydrogen-bond acceptors (Lipinski definition) is 2. The van der Waals surface area contributed by atoms with E-state index in [0.29, 0.717) is 11.3 Å². The van der Waals surface area contributed by atoms with Gasteiger partial charge < -0.3 is 16.0 Å². The monoisotopic (exact) mass is 271 g/mol. The molecular formula is C16H21N3O. The molecule has 20 heavy (non-hydrogen) atoms. The Morgan fingerprint density at radius 2 is 2.25 bits per heavy atom. The van der Waals surface area contributed by atoms with Crippen molar-refractivity contribution in [2.45, 2.75) is 39.2 Å². The highest BCUT2D eigenvalue weighted by atomic mass is 16.1. The van der Waals surface area contributed by atoms with Crippen LogP contribution in [-0.2, 0) is 0 Å². The van der Waals surface area contributed by atoms with Crippen molar-refractivity contribution in [2.75, 3.05) is 5.73 Å². The van der Waals surface area contributed by atoms with E-state index in [1.165, 1.54) is 12.8 Å². The molecule has 1 saturated carbocycles. The molecule has 1 heterocycles. The Morgan fingerprint density at radius 3 is 2.95 bits per heavy atom. The van der Waals surface area contributed by atoms with Crippen molar-refractivity contribution in [2.24, 2.45) is 5.41 Å². The highest BCUT2D eigenvalue weighted by molar-refractivity contribution is 6.07. The third-order valence-corrected chi connectivity index (χ3v) is 4.51. The lowest BCUT2D eigenvalue weighted by Crippen LogP contribution is -2.41. The maximum atomic E-state index is 12.5. The van der Waals surface area contributed by atoms with Crippen molar-refractivity contribution in [3.05, 3.63) is 30.0 Å². The van der Waals surface area contributed by atoms with Gasteiger partial charge in [-0.1, -0.05) is 20.3 Å². The van der Waals surface area contributed by atoms with Gasteiger partial charge in [0, 0.05) is 28.8 Å². The van der Waals surface area contributed by atoms with Gasteiger partial charge in [-0.05, 0) is 36.5 Å². The van der Waals surface area contributed by atoms with Crippen LogP contribution < -0.4 is 11.1 Å². The maximum Gasteiger partial charge on any atom is 0.253 e. The molecule has 1 aliphatic carbocycles. The van der Waals surface area contributed by atoms with Gasteiger partial charge in [-0.15, -0.1) is 0 Å². The predicted octanol–water partition coefficient (Wildman–Crippen LogP) is 3.06. The SMILES string of the molecule is CC1(C)CCCC1NC(=O)c1c[nH]c2ccc(N)cc12. The summed E-state index contributed by atoms with van der Waals surface area (Å²) in [6, 6.07) is 5.84. The fourth-order valence-electron chi connectivity index (χ4n) is 3.16. The van der Waals surface area contributed by atoms with Crippen LogP contribution in [0, 0.1) is 5.41 Å². The Balaban J connectivity index is 1.88. The summed E-state index contributed by atoms with van der Waals surface area (Å²) in [6.45, 7) is 4.44. The van der Waals surface area contributed by atoms with Gasteiger partial charge in [-0.3, -0.25) is 4.79 Å². The lowest BCUT2D eigenvalue weighted by Gasteiger charge is -2.27. The Bertz CT molecular complexity index is 657. The Labute approximate surface area is 118 Å². The Morgan fingerprint density at radius 1 is 1.45 bits per heavy atom. The van der Waals surface area contributed by atoms with Gasteiger partial charge in [0.2, 0.25) is 0 Å². The number of benzene rings is 1. The van der Waals surface area contributed by atoms with Gasteiger partial charge in [0.15, 0.2) is 0 Å². The number of fused-ring (bicyclic) bond motifs is 1. The highest BCUT2D eigenvalue weighted by Gasteiger charge is 2.35. The van der Waals surface area contributed by atoms with Crippen LogP contribution in [0.5, 0.6) is 0 Å². The number of nitrogens with one attached hydrogen (secondary N) is 2. The second-order valence-electron chi connectivity index (χ2n) is 6.41. The average molecular weight is 271 g/mol. The fraction of sp³-hybridized carbons (Fsp3) is 0.438. The lowest BCUT2D eigenvalue weighted by molar-refractivity contribution is 0.0912. The van der Waals surface area contributed by atoms with Crippen LogP contribution in [0.3, 0.4) is 0 Å². The second-order valence-corrected chi connectivity index (χ2v) is 6.41. The van der Waals surface area contributed by atoms with E-state index in [4.69, 9.17) is 5.73 Å². The normalized spacial score (nSPS) is 21.2. The first-order valence-electron chi connectivity index (χ1n) is 7.15. The third-order valence-electron chi connectivity index (χ3n) is 4.51. The van der Waals surface area contributed by atoms with E-state index in [-0.39, 0.29) is 17.4 Å². The number of amides is 1. The molecule has 1 aliphatic rings. The molecule has 1 unspecified atom stereocenters. The summed E-state index contributed by atoms with van der Waals surface area (Å²) < 4.78 is 0. The summed E-state index contributed by atoms with van der Waals surface area (Å²) >= 11 is 0. The number of nitrogens with two attached hydrogens (primary N) is 1. The Hall–Kier alpha value is -1.97. The molecule has 1 aromatic heterocycles. The summed E-state index contributed by atoms with van der Waals surface area (Å²) in [5.74, 6) is -0.0122. The Kier molecular flexibility index (Phi) is 2.96. The highest BCUT2D eigenvalue weighted by Crippen LogP contribution is 2.37. The van der Waals surface area contributed by atoms with Crippen molar-refractivity contribution in [1.82, 2.24) is 10.3 Å². The van der Waals surface area contributed by atoms with Gasteiger partial charge in [0.05, 0.1) is 5.56 Å². The van der Waals surface area contributed by atoms with Gasteiger partial charge >= 0.3 is 0 Å². The molecule has 4 N–H and O–H groups in total. The largest absolute Gasteiger partial charge is 0.399 e. The molecule has 0 aliphatic heterocycles. The minimum Gasteiger partial charge on any atom is -0.399 e. The predicted molar refractivity (Wildman–Crippen MR) is 81.6 cm³/mol. The summed E-state index contributed by atoms with van der Waals surface area (Å²) in [5.41, 5.74) is 8.28. The van der Waals surface area contributed by atoms with Gasteiger partial charge in [0.25, 0.3) is 5.91 Å². The third kappa shape index (κ3) is 2.15. The molecule has 0 spiro atoms. The van der Waals surface area contributed by atoms with Crippen LogP contribution in [0.2, 0.25) is 0 Å². The molecule has 1 atom stereocenters. The van der Waals surface area contributed by atoms with Gasteiger partial charge in [-0.25, -0.2) is 0 Å². The fourth-order valence-corrected chi connectivity index (χ4v) is 3.16. The summed E-state index contributed by atoms with van der Waals surface area (Å²) in [5, 5.41) is 4.07. The number of hydrogen-bond donors (Lipinski definition) is 3. The zero-order valence-electron chi connectivity index (χ0n) is 12.0. The molecule has 4 nitrogen and oxygen atoms in total. The molecule has 0 bridgehead atoms. The van der Waals surface area contributed by atoms with E-state index in [1.54, 1.807) is 6.20 Å². The van der Waals surface area contributed by atoms with Crippen LogP contribution in [0.15, 0.2) is 24.4 Å². The summed E-state index contributed by atoms with van der Waals surface area (Å²) in [7, 11) is 0. The van der Waals surface area contributed by atoms with Crippen LogP contribution >= 0.6 is 0 Å². The van der Waals surface area contributed by atoms with Crippen LogP contribution in [-0.4, -0.2) is 16.9 Å². The molecule has 4 heteroatoms. The van der Waals surface area contributed by atoms with E-state index in [9.17, 15) is 4.79 Å². The maximum absolute atomic E-state index is 12.5. The second kappa shape index (κ2) is 4.54. The average Bonchev–Trinajstić information content (AvgIpc) is 2.93. The van der Waals surface area contributed by atoms with E-state index >= 15 is 0 Å². The molecule has 3 rings (SSSR count). The van der Waals surface area contributed by atoms with Crippen molar-refractivity contribution >= 4 is 22.5 Å².